The van der Waals surface area contributed by atoms with Crippen molar-refractivity contribution in [2.24, 2.45) is 0 Å². The molecule has 0 saturated heterocycles. The molecule has 0 saturated carbocycles. The van der Waals surface area contributed by atoms with Crippen LogP contribution in [0.15, 0.2) is 133 Å². The number of carbonyl (C=O) groups excluding carboxylic acids is 1. The Morgan fingerprint density at radius 2 is 1.36 bits per heavy atom. The second-order valence-corrected chi connectivity index (χ2v) is 9.76. The van der Waals surface area contributed by atoms with Gasteiger partial charge >= 0.3 is 0 Å². The second-order valence-electron chi connectivity index (χ2n) is 9.76. The first kappa shape index (κ1) is 23.1. The monoisotopic (exact) mass is 506 g/mol. The van der Waals surface area contributed by atoms with Crippen LogP contribution in [0.1, 0.15) is 33.1 Å². The molecule has 0 spiro atoms. The maximum Gasteiger partial charge on any atom is 0.259 e. The average molecular weight is 507 g/mol. The van der Waals surface area contributed by atoms with Crippen LogP contribution in [0.2, 0.25) is 0 Å². The zero-order chi connectivity index (χ0) is 26.2. The van der Waals surface area contributed by atoms with Gasteiger partial charge < -0.3 is 9.72 Å². The van der Waals surface area contributed by atoms with Gasteiger partial charge in [0.2, 0.25) is 0 Å². The van der Waals surface area contributed by atoms with Crippen molar-refractivity contribution in [3.05, 3.63) is 156 Å². The van der Waals surface area contributed by atoms with Gasteiger partial charge in [0.15, 0.2) is 0 Å². The Morgan fingerprint density at radius 3 is 2.15 bits per heavy atom. The van der Waals surface area contributed by atoms with Gasteiger partial charge in [0, 0.05) is 27.7 Å². The van der Waals surface area contributed by atoms with E-state index >= 15 is 0 Å². The Labute approximate surface area is 227 Å². The van der Waals surface area contributed by atoms with Crippen LogP contribution >= 0.6 is 0 Å². The number of hydrogen-bond acceptors (Lipinski definition) is 2. The van der Waals surface area contributed by atoms with E-state index in [-0.39, 0.29) is 11.9 Å². The van der Waals surface area contributed by atoms with E-state index in [1.807, 2.05) is 102 Å². The van der Waals surface area contributed by atoms with Crippen molar-refractivity contribution in [3.63, 3.8) is 0 Å². The lowest BCUT2D eigenvalue weighted by Crippen LogP contribution is -2.28. The molecule has 2 heterocycles. The summed E-state index contributed by atoms with van der Waals surface area (Å²) in [4.78, 5) is 19.5. The molecule has 0 bridgehead atoms. The van der Waals surface area contributed by atoms with E-state index in [1.54, 1.807) is 0 Å². The summed E-state index contributed by atoms with van der Waals surface area (Å²) in [5, 5.41) is 1.11. The molecular formula is C35H26N2O2. The number of aromatic nitrogens is 1. The van der Waals surface area contributed by atoms with Crippen LogP contribution in [-0.4, -0.2) is 10.9 Å². The first-order chi connectivity index (χ1) is 19.3. The highest BCUT2D eigenvalue weighted by atomic mass is 16.5. The highest BCUT2D eigenvalue weighted by Gasteiger charge is 2.41. The molecule has 1 atom stereocenters. The summed E-state index contributed by atoms with van der Waals surface area (Å²) >= 11 is 0. The van der Waals surface area contributed by atoms with E-state index in [4.69, 9.17) is 4.74 Å². The van der Waals surface area contributed by atoms with Crippen molar-refractivity contribution in [1.29, 1.82) is 0 Å². The number of benzene rings is 5. The number of amides is 1. The Hall–Kier alpha value is -5.09. The SMILES string of the molecule is O=C1c2ccccc2[C@@H](c2c(-c3ccccc3)[nH]c3ccccc23)N1c1ccc(OCc2ccccc2)cc1. The molecule has 39 heavy (non-hydrogen) atoms. The number of rotatable bonds is 6. The molecule has 7 rings (SSSR count). The maximum absolute atomic E-state index is 14.0. The molecule has 0 fully saturated rings. The normalized spacial score (nSPS) is 14.5. The Bertz CT molecular complexity index is 1770. The summed E-state index contributed by atoms with van der Waals surface area (Å²) in [6, 6.07) is 44.3. The number of fused-ring (bicyclic) bond motifs is 2. The van der Waals surface area contributed by atoms with Crippen LogP contribution in [0.3, 0.4) is 0 Å². The number of para-hydroxylation sites is 1. The maximum atomic E-state index is 14.0. The van der Waals surface area contributed by atoms with Crippen LogP contribution in [0.25, 0.3) is 22.2 Å². The van der Waals surface area contributed by atoms with Gasteiger partial charge in [-0.15, -0.1) is 0 Å². The quantitative estimate of drug-likeness (QED) is 0.248. The van der Waals surface area contributed by atoms with Crippen LogP contribution in [0.4, 0.5) is 5.69 Å². The Kier molecular flexibility index (Phi) is 5.71. The fraction of sp³-hybridized carbons (Fsp3) is 0.0571. The lowest BCUT2D eigenvalue weighted by Gasteiger charge is -2.27. The van der Waals surface area contributed by atoms with Crippen molar-refractivity contribution in [2.75, 3.05) is 4.90 Å². The number of aromatic amines is 1. The van der Waals surface area contributed by atoms with E-state index < -0.39 is 0 Å². The van der Waals surface area contributed by atoms with E-state index in [0.29, 0.717) is 6.61 Å². The molecule has 1 N–H and O–H groups in total. The molecule has 5 aromatic carbocycles. The van der Waals surface area contributed by atoms with Gasteiger partial charge in [-0.05, 0) is 53.1 Å². The van der Waals surface area contributed by atoms with Crippen LogP contribution < -0.4 is 9.64 Å². The van der Waals surface area contributed by atoms with Gasteiger partial charge in [0.25, 0.3) is 5.91 Å². The van der Waals surface area contributed by atoms with Gasteiger partial charge in [0.1, 0.15) is 12.4 Å². The number of anilines is 1. The standard InChI is InChI=1S/C35H26N2O2/c38-35-29-16-8-7-15-28(29)34(32-30-17-9-10-18-31(30)36-33(32)25-13-5-2-6-14-25)37(35)26-19-21-27(22-20-26)39-23-24-11-3-1-4-12-24/h1-22,34,36H,23H2/t34-/m0/s1. The van der Waals surface area contributed by atoms with Gasteiger partial charge in [-0.2, -0.15) is 0 Å². The number of hydrogen-bond donors (Lipinski definition) is 1. The molecule has 6 aromatic rings. The second kappa shape index (κ2) is 9.66. The lowest BCUT2D eigenvalue weighted by atomic mass is 9.93. The lowest BCUT2D eigenvalue weighted by molar-refractivity contribution is 0.0993. The molecule has 1 aliphatic rings. The molecule has 0 radical (unpaired) electrons. The van der Waals surface area contributed by atoms with E-state index in [0.717, 1.165) is 55.9 Å². The summed E-state index contributed by atoms with van der Waals surface area (Å²) in [5.41, 5.74) is 7.94. The van der Waals surface area contributed by atoms with Gasteiger partial charge in [-0.25, -0.2) is 0 Å². The number of ether oxygens (including phenoxy) is 1. The summed E-state index contributed by atoms with van der Waals surface area (Å²) in [7, 11) is 0. The topological polar surface area (TPSA) is 45.3 Å². The molecule has 1 aliphatic heterocycles. The fourth-order valence-corrected chi connectivity index (χ4v) is 5.59. The zero-order valence-electron chi connectivity index (χ0n) is 21.2. The third-order valence-electron chi connectivity index (χ3n) is 7.41. The van der Waals surface area contributed by atoms with Crippen LogP contribution in [0, 0.1) is 0 Å². The summed E-state index contributed by atoms with van der Waals surface area (Å²) in [6.07, 6.45) is 0. The Balaban J connectivity index is 1.33. The summed E-state index contributed by atoms with van der Waals surface area (Å²) in [5.74, 6) is 0.762. The number of nitrogens with one attached hydrogen (secondary N) is 1. The smallest absolute Gasteiger partial charge is 0.259 e. The van der Waals surface area contributed by atoms with Gasteiger partial charge in [-0.3, -0.25) is 9.69 Å². The highest BCUT2D eigenvalue weighted by molar-refractivity contribution is 6.13. The predicted octanol–water partition coefficient (Wildman–Crippen LogP) is 8.16. The molecule has 4 nitrogen and oxygen atoms in total. The minimum atomic E-state index is -0.281. The molecule has 1 amide bonds. The van der Waals surface area contributed by atoms with Crippen molar-refractivity contribution in [3.8, 4) is 17.0 Å². The van der Waals surface area contributed by atoms with Crippen molar-refractivity contribution in [2.45, 2.75) is 12.6 Å². The predicted molar refractivity (Wildman–Crippen MR) is 156 cm³/mol. The van der Waals surface area contributed by atoms with Crippen molar-refractivity contribution < 1.29 is 9.53 Å². The zero-order valence-corrected chi connectivity index (χ0v) is 21.2. The molecule has 0 unspecified atom stereocenters. The number of nitrogens with zero attached hydrogens (tertiary/aromatic N) is 1. The third-order valence-corrected chi connectivity index (χ3v) is 7.41. The number of H-pyrrole nitrogens is 1. The minimum absolute atomic E-state index is 0.00199. The highest BCUT2D eigenvalue weighted by Crippen LogP contribution is 2.47. The summed E-state index contributed by atoms with van der Waals surface area (Å²) < 4.78 is 6.02. The van der Waals surface area contributed by atoms with E-state index in [2.05, 4.69) is 41.4 Å². The molecule has 188 valence electrons. The van der Waals surface area contributed by atoms with E-state index in [9.17, 15) is 4.79 Å². The minimum Gasteiger partial charge on any atom is -0.489 e. The summed E-state index contributed by atoms with van der Waals surface area (Å²) in [6.45, 7) is 0.493. The van der Waals surface area contributed by atoms with Crippen LogP contribution in [-0.2, 0) is 6.61 Å². The first-order valence-corrected chi connectivity index (χ1v) is 13.1. The fourth-order valence-electron chi connectivity index (χ4n) is 5.59. The molecule has 4 heteroatoms. The third kappa shape index (κ3) is 4.07. The largest absolute Gasteiger partial charge is 0.489 e. The van der Waals surface area contributed by atoms with Crippen molar-refractivity contribution >= 4 is 22.5 Å². The molecule has 1 aromatic heterocycles. The van der Waals surface area contributed by atoms with Gasteiger partial charge in [0.05, 0.1) is 11.7 Å². The number of carbonyl (C=O) groups is 1. The van der Waals surface area contributed by atoms with Crippen LogP contribution in [0.5, 0.6) is 5.75 Å². The first-order valence-electron chi connectivity index (χ1n) is 13.1. The molecule has 0 aliphatic carbocycles. The van der Waals surface area contributed by atoms with E-state index in [1.165, 1.54) is 0 Å². The average Bonchev–Trinajstić information content (AvgIpc) is 3.52. The Morgan fingerprint density at radius 1 is 0.692 bits per heavy atom. The van der Waals surface area contributed by atoms with Gasteiger partial charge in [-0.1, -0.05) is 97.1 Å². The molecular weight excluding hydrogens is 480 g/mol. The van der Waals surface area contributed by atoms with Crippen molar-refractivity contribution in [1.82, 2.24) is 4.98 Å².